The zero-order valence-electron chi connectivity index (χ0n) is 18.7. The van der Waals surface area contributed by atoms with Crippen LogP contribution in [0.2, 0.25) is 0 Å². The minimum Gasteiger partial charge on any atom is -0.458 e. The van der Waals surface area contributed by atoms with E-state index < -0.39 is 35.6 Å². The van der Waals surface area contributed by atoms with Crippen LogP contribution in [0.4, 0.5) is 10.5 Å². The van der Waals surface area contributed by atoms with Crippen LogP contribution in [0, 0.1) is 5.92 Å². The molecule has 8 heteroatoms. The molecule has 3 amide bonds. The molecule has 1 rings (SSSR count). The first kappa shape index (κ1) is 25.9. The van der Waals surface area contributed by atoms with Crippen LogP contribution in [0.15, 0.2) is 28.7 Å². The molecule has 0 spiro atoms. The first-order valence-corrected chi connectivity index (χ1v) is 11.1. The lowest BCUT2D eigenvalue weighted by Gasteiger charge is -2.26. The summed E-state index contributed by atoms with van der Waals surface area (Å²) in [6.45, 7) is 11.2. The lowest BCUT2D eigenvalue weighted by atomic mass is 10.0. The van der Waals surface area contributed by atoms with Gasteiger partial charge in [-0.3, -0.25) is 4.79 Å². The quantitative estimate of drug-likeness (QED) is 0.446. The minimum atomic E-state index is -0.776. The van der Waals surface area contributed by atoms with Crippen molar-refractivity contribution in [1.29, 1.82) is 0 Å². The highest BCUT2D eigenvalue weighted by molar-refractivity contribution is 9.10. The zero-order valence-corrected chi connectivity index (χ0v) is 20.3. The third-order valence-electron chi connectivity index (χ3n) is 4.02. The van der Waals surface area contributed by atoms with Crippen LogP contribution < -0.4 is 16.0 Å². The Balaban J connectivity index is 2.83. The van der Waals surface area contributed by atoms with Gasteiger partial charge in [0.1, 0.15) is 17.7 Å². The van der Waals surface area contributed by atoms with E-state index in [4.69, 9.17) is 4.74 Å². The summed E-state index contributed by atoms with van der Waals surface area (Å²) in [6, 6.07) is 5.10. The van der Waals surface area contributed by atoms with Gasteiger partial charge in [0.2, 0.25) is 5.91 Å². The number of benzene rings is 1. The van der Waals surface area contributed by atoms with Crippen LogP contribution in [0.1, 0.15) is 60.8 Å². The number of carbonyl (C=O) groups excluding carboxylic acids is 3. The molecule has 3 N–H and O–H groups in total. The molecule has 2 atom stereocenters. The molecule has 1 aromatic rings. The van der Waals surface area contributed by atoms with Crippen molar-refractivity contribution in [2.24, 2.45) is 5.92 Å². The topological polar surface area (TPSA) is 96.5 Å². The van der Waals surface area contributed by atoms with Crippen LogP contribution in [0.25, 0.3) is 0 Å². The van der Waals surface area contributed by atoms with Crippen molar-refractivity contribution in [2.75, 3.05) is 5.32 Å². The molecule has 0 aromatic heterocycles. The van der Waals surface area contributed by atoms with Crippen LogP contribution >= 0.6 is 15.9 Å². The smallest absolute Gasteiger partial charge is 0.329 e. The van der Waals surface area contributed by atoms with Gasteiger partial charge in [0, 0.05) is 10.2 Å². The van der Waals surface area contributed by atoms with Gasteiger partial charge in [-0.15, -0.1) is 0 Å². The Morgan fingerprint density at radius 3 is 2.13 bits per heavy atom. The number of esters is 1. The van der Waals surface area contributed by atoms with Gasteiger partial charge in [0.05, 0.1) is 0 Å². The van der Waals surface area contributed by atoms with Gasteiger partial charge in [-0.1, -0.05) is 43.1 Å². The summed E-state index contributed by atoms with van der Waals surface area (Å²) in [7, 11) is 0. The maximum Gasteiger partial charge on any atom is 0.329 e. The molecule has 0 saturated carbocycles. The lowest BCUT2D eigenvalue weighted by Crippen LogP contribution is -2.53. The van der Waals surface area contributed by atoms with Crippen molar-refractivity contribution in [3.8, 4) is 0 Å². The van der Waals surface area contributed by atoms with E-state index in [0.29, 0.717) is 24.9 Å². The van der Waals surface area contributed by atoms with Crippen LogP contribution in [0.3, 0.4) is 0 Å². The maximum absolute atomic E-state index is 12.9. The number of amides is 3. The second-order valence-corrected chi connectivity index (χ2v) is 9.59. The van der Waals surface area contributed by atoms with Crippen molar-refractivity contribution in [1.82, 2.24) is 10.6 Å². The molecule has 0 radical (unpaired) electrons. The Morgan fingerprint density at radius 1 is 1.03 bits per heavy atom. The Bertz CT molecular complexity index is 714. The normalized spacial score (nSPS) is 13.3. The van der Waals surface area contributed by atoms with Gasteiger partial charge < -0.3 is 20.7 Å². The molecule has 0 bridgehead atoms. The summed E-state index contributed by atoms with van der Waals surface area (Å²) in [6.07, 6.45) is 1.60. The lowest BCUT2D eigenvalue weighted by molar-refractivity contribution is -0.159. The number of urea groups is 1. The Labute approximate surface area is 187 Å². The number of ether oxygens (including phenoxy) is 1. The third kappa shape index (κ3) is 10.1. The first-order chi connectivity index (χ1) is 13.9. The van der Waals surface area contributed by atoms with Crippen molar-refractivity contribution in [3.63, 3.8) is 0 Å². The van der Waals surface area contributed by atoms with E-state index in [1.165, 1.54) is 0 Å². The van der Waals surface area contributed by atoms with Gasteiger partial charge in [-0.25, -0.2) is 9.59 Å². The molecule has 2 unspecified atom stereocenters. The highest BCUT2D eigenvalue weighted by Crippen LogP contribution is 2.15. The van der Waals surface area contributed by atoms with Gasteiger partial charge in [0.25, 0.3) is 0 Å². The second kappa shape index (κ2) is 11.9. The standard InChI is InChI=1S/C22H34BrN3O4/c1-7-8-17(20(28)30-22(4,5)6)25-19(27)18(13-14(2)3)26-21(29)24-16-11-9-15(23)10-12-16/h9-12,14,17-18H,7-8,13H2,1-6H3,(H,25,27)(H2,24,26,29). The molecule has 168 valence electrons. The fraction of sp³-hybridized carbons (Fsp3) is 0.591. The predicted molar refractivity (Wildman–Crippen MR) is 122 cm³/mol. The molecular weight excluding hydrogens is 450 g/mol. The number of carbonyl (C=O) groups is 3. The monoisotopic (exact) mass is 483 g/mol. The highest BCUT2D eigenvalue weighted by atomic mass is 79.9. The molecule has 0 heterocycles. The minimum absolute atomic E-state index is 0.167. The van der Waals surface area contributed by atoms with E-state index in [2.05, 4.69) is 31.9 Å². The van der Waals surface area contributed by atoms with E-state index in [0.717, 1.165) is 4.47 Å². The summed E-state index contributed by atoms with van der Waals surface area (Å²) < 4.78 is 6.32. The van der Waals surface area contributed by atoms with Crippen LogP contribution in [-0.2, 0) is 14.3 Å². The fourth-order valence-electron chi connectivity index (χ4n) is 2.74. The molecule has 0 saturated heterocycles. The summed E-state index contributed by atoms with van der Waals surface area (Å²) in [5, 5.41) is 8.20. The number of anilines is 1. The number of halogens is 1. The summed E-state index contributed by atoms with van der Waals surface area (Å²) in [5.74, 6) is -0.709. The Morgan fingerprint density at radius 2 is 1.63 bits per heavy atom. The molecule has 30 heavy (non-hydrogen) atoms. The average Bonchev–Trinajstić information content (AvgIpc) is 2.60. The summed E-state index contributed by atoms with van der Waals surface area (Å²) >= 11 is 3.34. The first-order valence-electron chi connectivity index (χ1n) is 10.3. The van der Waals surface area contributed by atoms with Crippen molar-refractivity contribution >= 4 is 39.5 Å². The molecule has 0 fully saturated rings. The van der Waals surface area contributed by atoms with Gasteiger partial charge in [0.15, 0.2) is 0 Å². The number of hydrogen-bond donors (Lipinski definition) is 3. The SMILES string of the molecule is CCCC(NC(=O)C(CC(C)C)NC(=O)Nc1ccc(Br)cc1)C(=O)OC(C)(C)C. The summed E-state index contributed by atoms with van der Waals surface area (Å²) in [5.41, 5.74) is -0.0365. The number of nitrogens with one attached hydrogen (secondary N) is 3. The van der Waals surface area contributed by atoms with Crippen molar-refractivity contribution < 1.29 is 19.1 Å². The van der Waals surface area contributed by atoms with Gasteiger partial charge in [-0.2, -0.15) is 0 Å². The van der Waals surface area contributed by atoms with E-state index in [9.17, 15) is 14.4 Å². The molecule has 0 aliphatic rings. The van der Waals surface area contributed by atoms with E-state index in [1.807, 2.05) is 32.9 Å². The van der Waals surface area contributed by atoms with Crippen molar-refractivity contribution in [2.45, 2.75) is 78.5 Å². The van der Waals surface area contributed by atoms with E-state index in [-0.39, 0.29) is 5.92 Å². The zero-order chi connectivity index (χ0) is 22.9. The van der Waals surface area contributed by atoms with Crippen molar-refractivity contribution in [3.05, 3.63) is 28.7 Å². The Hall–Kier alpha value is -2.09. The number of hydrogen-bond acceptors (Lipinski definition) is 4. The third-order valence-corrected chi connectivity index (χ3v) is 4.54. The van der Waals surface area contributed by atoms with Gasteiger partial charge >= 0.3 is 12.0 Å². The van der Waals surface area contributed by atoms with E-state index >= 15 is 0 Å². The number of rotatable bonds is 9. The highest BCUT2D eigenvalue weighted by Gasteiger charge is 2.29. The average molecular weight is 484 g/mol. The van der Waals surface area contributed by atoms with E-state index in [1.54, 1.807) is 32.9 Å². The van der Waals surface area contributed by atoms with Gasteiger partial charge in [-0.05, 0) is 63.8 Å². The second-order valence-electron chi connectivity index (χ2n) is 8.67. The molecule has 1 aromatic carbocycles. The molecule has 7 nitrogen and oxygen atoms in total. The molecule has 0 aliphatic heterocycles. The fourth-order valence-corrected chi connectivity index (χ4v) is 3.01. The van der Waals surface area contributed by atoms with Crippen LogP contribution in [0.5, 0.6) is 0 Å². The molecular formula is C22H34BrN3O4. The Kier molecular flexibility index (Phi) is 10.3. The maximum atomic E-state index is 12.9. The van der Waals surface area contributed by atoms with Crippen LogP contribution in [-0.4, -0.2) is 35.6 Å². The summed E-state index contributed by atoms with van der Waals surface area (Å²) in [4.78, 5) is 37.8. The molecule has 0 aliphatic carbocycles. The predicted octanol–water partition coefficient (Wildman–Crippen LogP) is 4.61. The largest absolute Gasteiger partial charge is 0.458 e.